The van der Waals surface area contributed by atoms with E-state index >= 15 is 0 Å². The molecule has 2 amide bonds. The Morgan fingerprint density at radius 3 is 2.67 bits per heavy atom. The Morgan fingerprint density at radius 2 is 1.97 bits per heavy atom. The van der Waals surface area contributed by atoms with Gasteiger partial charge in [0.1, 0.15) is 0 Å². The van der Waals surface area contributed by atoms with Gasteiger partial charge in [-0.3, -0.25) is 4.90 Å². The minimum Gasteiger partial charge on any atom is -0.423 e. The van der Waals surface area contributed by atoms with Crippen LogP contribution in [-0.4, -0.2) is 42.7 Å². The normalized spacial score (nSPS) is 13.9. The zero-order valence-electron chi connectivity index (χ0n) is 17.5. The molecule has 2 aromatic carbocycles. The Balaban J connectivity index is 1.47. The molecule has 1 fully saturated rings. The number of benzene rings is 2. The van der Waals surface area contributed by atoms with Crippen LogP contribution < -0.4 is 10.2 Å². The molecule has 1 saturated heterocycles. The first-order chi connectivity index (χ1) is 14.5. The smallest absolute Gasteiger partial charge is 0.324 e. The van der Waals surface area contributed by atoms with Crippen molar-refractivity contribution in [1.82, 2.24) is 9.88 Å². The lowest BCUT2D eigenvalue weighted by atomic mass is 10.1. The first-order valence-electron chi connectivity index (χ1n) is 10.1. The van der Waals surface area contributed by atoms with E-state index in [1.807, 2.05) is 51.2 Å². The van der Waals surface area contributed by atoms with Crippen molar-refractivity contribution in [3.8, 4) is 11.3 Å². The van der Waals surface area contributed by atoms with Gasteiger partial charge in [0.05, 0.1) is 12.8 Å². The summed E-state index contributed by atoms with van der Waals surface area (Å²) in [6.45, 7) is 6.71. The van der Waals surface area contributed by atoms with Crippen LogP contribution in [0.5, 0.6) is 0 Å². The summed E-state index contributed by atoms with van der Waals surface area (Å²) in [4.78, 5) is 20.0. The molecule has 0 unspecified atom stereocenters. The summed E-state index contributed by atoms with van der Waals surface area (Å²) in [7, 11) is 1.81. The zero-order valence-corrected chi connectivity index (χ0v) is 17.5. The molecular weight excluding hydrogens is 380 g/mol. The lowest BCUT2D eigenvalue weighted by Gasteiger charge is -2.16. The maximum atomic E-state index is 12.2. The highest BCUT2D eigenvalue weighted by Gasteiger charge is 2.26. The van der Waals surface area contributed by atoms with Gasteiger partial charge in [0.2, 0.25) is 0 Å². The van der Waals surface area contributed by atoms with Crippen molar-refractivity contribution >= 4 is 23.4 Å². The van der Waals surface area contributed by atoms with Gasteiger partial charge in [-0.15, -0.1) is 0 Å². The minimum absolute atomic E-state index is 0.0239. The van der Waals surface area contributed by atoms with Crippen molar-refractivity contribution in [2.24, 2.45) is 0 Å². The molecule has 1 aliphatic heterocycles. The van der Waals surface area contributed by atoms with Crippen molar-refractivity contribution in [3.05, 3.63) is 59.8 Å². The van der Waals surface area contributed by atoms with Gasteiger partial charge >= 0.3 is 6.03 Å². The van der Waals surface area contributed by atoms with Gasteiger partial charge in [0.15, 0.2) is 5.76 Å². The van der Waals surface area contributed by atoms with Crippen LogP contribution in [-0.2, 0) is 11.3 Å². The number of likely N-dealkylation sites (N-methyl/N-ethyl adjacent to an activating group) is 1. The maximum Gasteiger partial charge on any atom is 0.324 e. The number of nitrogens with zero attached hydrogens (tertiary/aromatic N) is 3. The maximum absolute atomic E-state index is 12.2. The fraction of sp³-hybridized carbons (Fsp3) is 0.304. The number of aromatic nitrogens is 1. The Hall–Kier alpha value is -3.32. The lowest BCUT2D eigenvalue weighted by molar-refractivity contribution is 0.134. The largest absolute Gasteiger partial charge is 0.423 e. The second-order valence-corrected chi connectivity index (χ2v) is 7.34. The van der Waals surface area contributed by atoms with Gasteiger partial charge < -0.3 is 19.4 Å². The molecule has 7 nitrogen and oxygen atoms in total. The summed E-state index contributed by atoms with van der Waals surface area (Å²) in [5, 5.41) is 3.25. The number of carbonyl (C=O) groups is 1. The summed E-state index contributed by atoms with van der Waals surface area (Å²) < 4.78 is 11.4. The van der Waals surface area contributed by atoms with Crippen molar-refractivity contribution in [1.29, 1.82) is 0 Å². The molecule has 0 spiro atoms. The van der Waals surface area contributed by atoms with E-state index in [0.29, 0.717) is 31.5 Å². The highest BCUT2D eigenvalue weighted by atomic mass is 16.5. The number of hydrogen-bond donors (Lipinski definition) is 1. The molecule has 2 heterocycles. The molecule has 156 valence electrons. The summed E-state index contributed by atoms with van der Waals surface area (Å²) in [5.74, 6) is 0.664. The Kier molecular flexibility index (Phi) is 5.72. The Labute approximate surface area is 176 Å². The number of aryl methyl sites for hydroxylation is 1. The number of anilines is 3. The van der Waals surface area contributed by atoms with Crippen LogP contribution in [0.2, 0.25) is 0 Å². The molecule has 3 aromatic rings. The topological polar surface area (TPSA) is 70.8 Å². The van der Waals surface area contributed by atoms with E-state index in [9.17, 15) is 4.79 Å². The number of nitrogens with one attached hydrogen (secondary N) is 1. The molecule has 7 heteroatoms. The Morgan fingerprint density at radius 1 is 1.17 bits per heavy atom. The van der Waals surface area contributed by atoms with Crippen LogP contribution in [0.4, 0.5) is 22.2 Å². The van der Waals surface area contributed by atoms with Crippen molar-refractivity contribution < 1.29 is 13.9 Å². The fourth-order valence-corrected chi connectivity index (χ4v) is 3.39. The van der Waals surface area contributed by atoms with Gasteiger partial charge in [-0.2, -0.15) is 0 Å². The zero-order chi connectivity index (χ0) is 21.1. The summed E-state index contributed by atoms with van der Waals surface area (Å²) in [6.07, 6.45) is 1.70. The van der Waals surface area contributed by atoms with E-state index in [-0.39, 0.29) is 6.03 Å². The number of urea groups is 1. The van der Waals surface area contributed by atoms with Crippen LogP contribution >= 0.6 is 0 Å². The van der Waals surface area contributed by atoms with Crippen LogP contribution in [0.3, 0.4) is 0 Å². The average Bonchev–Trinajstić information content (AvgIpc) is 3.36. The van der Waals surface area contributed by atoms with Gasteiger partial charge in [-0.25, -0.2) is 9.78 Å². The Bertz CT molecular complexity index is 1030. The second kappa shape index (κ2) is 8.59. The van der Waals surface area contributed by atoms with Gasteiger partial charge in [0.25, 0.3) is 6.01 Å². The third kappa shape index (κ3) is 4.16. The number of hydrogen-bond acceptors (Lipinski definition) is 5. The van der Waals surface area contributed by atoms with Crippen LogP contribution in [0.25, 0.3) is 11.3 Å². The molecule has 4 rings (SSSR count). The number of ether oxygens (including phenoxy) is 1. The van der Waals surface area contributed by atoms with E-state index in [1.165, 1.54) is 0 Å². The van der Waals surface area contributed by atoms with E-state index in [4.69, 9.17) is 9.15 Å². The summed E-state index contributed by atoms with van der Waals surface area (Å²) >= 11 is 0. The van der Waals surface area contributed by atoms with Crippen LogP contribution in [0.15, 0.2) is 53.1 Å². The molecule has 0 aliphatic carbocycles. The third-order valence-electron chi connectivity index (χ3n) is 5.20. The molecule has 0 atom stereocenters. The standard InChI is InChI=1S/C23H26N4O3/c1-4-29-15-17-6-5-16(2)20(13-17)25-22-24-14-21(30-22)18-7-9-19(10-8-18)27-12-11-26(3)23(27)28/h5-10,13-14H,4,11-12,15H2,1-3H3,(H,24,25). The fourth-order valence-electron chi connectivity index (χ4n) is 3.39. The van der Waals surface area contributed by atoms with Crippen molar-refractivity contribution in [2.75, 3.05) is 37.0 Å². The number of carbonyl (C=O) groups excluding carboxylic acids is 1. The first kappa shape index (κ1) is 20.0. The third-order valence-corrected chi connectivity index (χ3v) is 5.20. The monoisotopic (exact) mass is 406 g/mol. The van der Waals surface area contributed by atoms with Gasteiger partial charge in [-0.1, -0.05) is 12.1 Å². The molecule has 0 saturated carbocycles. The minimum atomic E-state index is 0.0239. The second-order valence-electron chi connectivity index (χ2n) is 7.34. The van der Waals surface area contributed by atoms with Gasteiger partial charge in [-0.05, 0) is 55.3 Å². The summed E-state index contributed by atoms with van der Waals surface area (Å²) in [6, 6.07) is 14.4. The van der Waals surface area contributed by atoms with Crippen LogP contribution in [0.1, 0.15) is 18.1 Å². The quantitative estimate of drug-likeness (QED) is 0.610. The number of amides is 2. The summed E-state index contributed by atoms with van der Waals surface area (Å²) in [5.41, 5.74) is 4.91. The average molecular weight is 406 g/mol. The molecule has 1 N–H and O–H groups in total. The first-order valence-corrected chi connectivity index (χ1v) is 10.1. The molecular formula is C23H26N4O3. The molecule has 1 aromatic heterocycles. The predicted octanol–water partition coefficient (Wildman–Crippen LogP) is 4.80. The highest BCUT2D eigenvalue weighted by molar-refractivity contribution is 5.94. The van der Waals surface area contributed by atoms with Crippen LogP contribution in [0, 0.1) is 6.92 Å². The number of oxazole rings is 1. The SMILES string of the molecule is CCOCc1ccc(C)c(Nc2ncc(-c3ccc(N4CCN(C)C4=O)cc3)o2)c1. The van der Waals surface area contributed by atoms with Gasteiger partial charge in [0, 0.05) is 43.7 Å². The molecule has 30 heavy (non-hydrogen) atoms. The van der Waals surface area contributed by atoms with Crippen molar-refractivity contribution in [3.63, 3.8) is 0 Å². The van der Waals surface area contributed by atoms with E-state index < -0.39 is 0 Å². The predicted molar refractivity (Wildman–Crippen MR) is 117 cm³/mol. The highest BCUT2D eigenvalue weighted by Crippen LogP contribution is 2.29. The van der Waals surface area contributed by atoms with E-state index in [2.05, 4.69) is 22.4 Å². The molecule has 0 bridgehead atoms. The van der Waals surface area contributed by atoms with E-state index in [0.717, 1.165) is 34.6 Å². The molecule has 0 radical (unpaired) electrons. The lowest BCUT2D eigenvalue weighted by Crippen LogP contribution is -2.29. The van der Waals surface area contributed by atoms with E-state index in [1.54, 1.807) is 16.0 Å². The van der Waals surface area contributed by atoms with Crippen molar-refractivity contribution in [2.45, 2.75) is 20.5 Å². The molecule has 1 aliphatic rings. The number of rotatable bonds is 7.